The topological polar surface area (TPSA) is 102 Å². The fourth-order valence-corrected chi connectivity index (χ4v) is 3.95. The number of aromatic nitrogens is 2. The van der Waals surface area contributed by atoms with E-state index in [1.165, 1.54) is 23.5 Å². The summed E-state index contributed by atoms with van der Waals surface area (Å²) in [6.07, 6.45) is 0.0841. The van der Waals surface area contributed by atoms with Gasteiger partial charge in [0.2, 0.25) is 17.7 Å². The maximum Gasteiger partial charge on any atom is 0.264 e. The number of hydrogen-bond donors (Lipinski definition) is 1. The summed E-state index contributed by atoms with van der Waals surface area (Å²) < 4.78 is 32.1. The molecule has 0 atom stereocenters. The molecule has 0 bridgehead atoms. The first-order valence-corrected chi connectivity index (χ1v) is 10.3. The molecule has 0 saturated carbocycles. The van der Waals surface area contributed by atoms with Gasteiger partial charge in [0.25, 0.3) is 10.0 Å². The molecule has 1 N–H and O–H groups in total. The van der Waals surface area contributed by atoms with Crippen LogP contribution in [-0.4, -0.2) is 24.5 Å². The standard InChI is InChI=1S/C17H17N3O4S2/c1-11-3-4-14(9-12(11)2)26(22,23)20-15(21)5-6-16-18-19-17(24-16)13-7-8-25-10-13/h3-4,7-10H,5-6H2,1-2H3,(H,20,21). The van der Waals surface area contributed by atoms with Crippen LogP contribution in [0.15, 0.2) is 44.3 Å². The van der Waals surface area contributed by atoms with Gasteiger partial charge in [-0.25, -0.2) is 13.1 Å². The van der Waals surface area contributed by atoms with Crippen LogP contribution >= 0.6 is 11.3 Å². The first kappa shape index (κ1) is 18.3. The fraction of sp³-hybridized carbons (Fsp3) is 0.235. The van der Waals surface area contributed by atoms with Gasteiger partial charge < -0.3 is 4.42 Å². The molecule has 0 fully saturated rings. The average molecular weight is 391 g/mol. The van der Waals surface area contributed by atoms with E-state index in [-0.39, 0.29) is 23.6 Å². The van der Waals surface area contributed by atoms with Crippen LogP contribution in [0, 0.1) is 13.8 Å². The normalized spacial score (nSPS) is 11.5. The van der Waals surface area contributed by atoms with Crippen LogP contribution in [0.5, 0.6) is 0 Å². The maximum atomic E-state index is 12.3. The maximum absolute atomic E-state index is 12.3. The van der Waals surface area contributed by atoms with Crippen molar-refractivity contribution in [2.24, 2.45) is 0 Å². The van der Waals surface area contributed by atoms with Crippen molar-refractivity contribution in [1.82, 2.24) is 14.9 Å². The number of amides is 1. The number of carbonyl (C=O) groups is 1. The van der Waals surface area contributed by atoms with Crippen LogP contribution in [0.1, 0.15) is 23.4 Å². The zero-order valence-electron chi connectivity index (χ0n) is 14.2. The Balaban J connectivity index is 1.61. The Morgan fingerprint density at radius 1 is 1.19 bits per heavy atom. The minimum atomic E-state index is -3.90. The van der Waals surface area contributed by atoms with Crippen molar-refractivity contribution in [2.45, 2.75) is 31.6 Å². The van der Waals surface area contributed by atoms with Crippen LogP contribution < -0.4 is 4.72 Å². The minimum Gasteiger partial charge on any atom is -0.421 e. The predicted molar refractivity (Wildman–Crippen MR) is 97.2 cm³/mol. The molecule has 26 heavy (non-hydrogen) atoms. The second-order valence-electron chi connectivity index (χ2n) is 5.79. The van der Waals surface area contributed by atoms with E-state index in [0.717, 1.165) is 16.7 Å². The molecule has 0 radical (unpaired) electrons. The lowest BCUT2D eigenvalue weighted by atomic mass is 10.1. The van der Waals surface area contributed by atoms with Gasteiger partial charge in [0, 0.05) is 23.8 Å². The Bertz CT molecular complexity index is 1020. The molecule has 0 aliphatic carbocycles. The summed E-state index contributed by atoms with van der Waals surface area (Å²) in [7, 11) is -3.90. The van der Waals surface area contributed by atoms with Crippen molar-refractivity contribution in [1.29, 1.82) is 0 Å². The van der Waals surface area contributed by atoms with Crippen LogP contribution in [0.4, 0.5) is 0 Å². The molecular weight excluding hydrogens is 374 g/mol. The number of nitrogens with one attached hydrogen (secondary N) is 1. The number of aryl methyl sites for hydroxylation is 3. The smallest absolute Gasteiger partial charge is 0.264 e. The van der Waals surface area contributed by atoms with Gasteiger partial charge in [0.05, 0.1) is 4.90 Å². The molecule has 136 valence electrons. The molecule has 0 unspecified atom stereocenters. The second-order valence-corrected chi connectivity index (χ2v) is 8.25. The second kappa shape index (κ2) is 7.38. The minimum absolute atomic E-state index is 0.0616. The van der Waals surface area contributed by atoms with E-state index in [1.54, 1.807) is 6.07 Å². The third-order valence-corrected chi connectivity index (χ3v) is 5.89. The molecule has 1 amide bonds. The Kier molecular flexibility index (Phi) is 5.19. The lowest BCUT2D eigenvalue weighted by Crippen LogP contribution is -2.30. The van der Waals surface area contributed by atoms with Crippen molar-refractivity contribution in [3.63, 3.8) is 0 Å². The van der Waals surface area contributed by atoms with Gasteiger partial charge in [-0.05, 0) is 48.6 Å². The van der Waals surface area contributed by atoms with E-state index in [9.17, 15) is 13.2 Å². The van der Waals surface area contributed by atoms with Gasteiger partial charge >= 0.3 is 0 Å². The fourth-order valence-electron chi connectivity index (χ4n) is 2.22. The lowest BCUT2D eigenvalue weighted by molar-refractivity contribution is -0.119. The molecule has 0 saturated heterocycles. The Morgan fingerprint density at radius 2 is 2.00 bits per heavy atom. The zero-order chi connectivity index (χ0) is 18.7. The van der Waals surface area contributed by atoms with Crippen LogP contribution in [-0.2, 0) is 21.2 Å². The monoisotopic (exact) mass is 391 g/mol. The number of sulfonamides is 1. The molecule has 3 aromatic rings. The molecule has 9 heteroatoms. The van der Waals surface area contributed by atoms with Gasteiger partial charge in [-0.3, -0.25) is 4.79 Å². The van der Waals surface area contributed by atoms with Crippen molar-refractivity contribution in [3.05, 3.63) is 52.0 Å². The molecular formula is C17H17N3O4S2. The molecule has 0 spiro atoms. The summed E-state index contributed by atoms with van der Waals surface area (Å²) in [5, 5.41) is 11.6. The number of thiophene rings is 1. The van der Waals surface area contributed by atoms with E-state index in [1.807, 2.05) is 30.7 Å². The summed E-state index contributed by atoms with van der Waals surface area (Å²) in [5.74, 6) is 0.0350. The summed E-state index contributed by atoms with van der Waals surface area (Å²) >= 11 is 1.51. The quantitative estimate of drug-likeness (QED) is 0.693. The third-order valence-electron chi connectivity index (χ3n) is 3.84. The van der Waals surface area contributed by atoms with E-state index < -0.39 is 15.9 Å². The molecule has 2 aromatic heterocycles. The van der Waals surface area contributed by atoms with Crippen LogP contribution in [0.3, 0.4) is 0 Å². The Labute approximate surface area is 155 Å². The molecule has 3 rings (SSSR count). The number of hydrogen-bond acceptors (Lipinski definition) is 7. The highest BCUT2D eigenvalue weighted by Gasteiger charge is 2.19. The van der Waals surface area contributed by atoms with Crippen molar-refractivity contribution in [3.8, 4) is 11.5 Å². The highest BCUT2D eigenvalue weighted by Crippen LogP contribution is 2.21. The molecule has 0 aliphatic rings. The van der Waals surface area contributed by atoms with Gasteiger partial charge in [-0.15, -0.1) is 10.2 Å². The first-order valence-electron chi connectivity index (χ1n) is 7.83. The van der Waals surface area contributed by atoms with Crippen LogP contribution in [0.2, 0.25) is 0 Å². The molecule has 2 heterocycles. The number of nitrogens with zero attached hydrogens (tertiary/aromatic N) is 2. The average Bonchev–Trinajstić information content (AvgIpc) is 3.26. The summed E-state index contributed by atoms with van der Waals surface area (Å²) in [4.78, 5) is 12.1. The molecule has 0 aliphatic heterocycles. The van der Waals surface area contributed by atoms with Gasteiger partial charge in [-0.2, -0.15) is 11.3 Å². The van der Waals surface area contributed by atoms with Gasteiger partial charge in [-0.1, -0.05) is 6.07 Å². The van der Waals surface area contributed by atoms with Gasteiger partial charge in [0.1, 0.15) is 0 Å². The number of carbonyl (C=O) groups excluding carboxylic acids is 1. The SMILES string of the molecule is Cc1ccc(S(=O)(=O)NC(=O)CCc2nnc(-c3ccsc3)o2)cc1C. The summed E-state index contributed by atoms with van der Waals surface area (Å²) in [6.45, 7) is 3.70. The Hall–Kier alpha value is -2.52. The van der Waals surface area contributed by atoms with E-state index >= 15 is 0 Å². The van der Waals surface area contributed by atoms with E-state index in [4.69, 9.17) is 4.42 Å². The lowest BCUT2D eigenvalue weighted by Gasteiger charge is -2.08. The van der Waals surface area contributed by atoms with Gasteiger partial charge in [0.15, 0.2) is 0 Å². The van der Waals surface area contributed by atoms with E-state index in [2.05, 4.69) is 14.9 Å². The summed E-state index contributed by atoms with van der Waals surface area (Å²) in [6, 6.07) is 6.57. The van der Waals surface area contributed by atoms with Crippen molar-refractivity contribution < 1.29 is 17.6 Å². The van der Waals surface area contributed by atoms with Crippen molar-refractivity contribution in [2.75, 3.05) is 0 Å². The highest BCUT2D eigenvalue weighted by molar-refractivity contribution is 7.90. The first-order chi connectivity index (χ1) is 12.3. The largest absolute Gasteiger partial charge is 0.421 e. The Morgan fingerprint density at radius 3 is 2.69 bits per heavy atom. The van der Waals surface area contributed by atoms with E-state index in [0.29, 0.717) is 5.89 Å². The van der Waals surface area contributed by atoms with Crippen LogP contribution in [0.25, 0.3) is 11.5 Å². The zero-order valence-corrected chi connectivity index (χ0v) is 15.9. The summed E-state index contributed by atoms with van der Waals surface area (Å²) in [5.41, 5.74) is 2.63. The highest BCUT2D eigenvalue weighted by atomic mass is 32.2. The van der Waals surface area contributed by atoms with Crippen molar-refractivity contribution >= 4 is 27.3 Å². The predicted octanol–water partition coefficient (Wildman–Crippen LogP) is 2.85. The molecule has 1 aromatic carbocycles. The number of rotatable bonds is 6. The number of benzene rings is 1. The molecule has 7 nitrogen and oxygen atoms in total. The third kappa shape index (κ3) is 4.17.